The van der Waals surface area contributed by atoms with Crippen LogP contribution < -0.4 is 10.1 Å². The molecule has 0 radical (unpaired) electrons. The van der Waals surface area contributed by atoms with Gasteiger partial charge in [-0.25, -0.2) is 0 Å². The molecule has 0 aliphatic heterocycles. The van der Waals surface area contributed by atoms with E-state index in [-0.39, 0.29) is 12.1 Å². The quantitative estimate of drug-likeness (QED) is 0.701. The lowest BCUT2D eigenvalue weighted by molar-refractivity contribution is 0.0341. The molecule has 0 amide bonds. The van der Waals surface area contributed by atoms with Crippen LogP contribution in [0.1, 0.15) is 56.2 Å². The molecule has 0 heterocycles. The first kappa shape index (κ1) is 16.3. The first-order valence-electron chi connectivity index (χ1n) is 8.25. The van der Waals surface area contributed by atoms with Gasteiger partial charge in [-0.3, -0.25) is 0 Å². The largest absolute Gasteiger partial charge is 0.497 e. The van der Waals surface area contributed by atoms with Crippen molar-refractivity contribution in [2.45, 2.75) is 57.6 Å². The van der Waals surface area contributed by atoms with Crippen LogP contribution in [-0.2, 0) is 11.2 Å². The Labute approximate surface area is 129 Å². The Morgan fingerprint density at radius 2 is 2.00 bits per heavy atom. The summed E-state index contributed by atoms with van der Waals surface area (Å²) in [6.07, 6.45) is 7.68. The summed E-state index contributed by atoms with van der Waals surface area (Å²) in [6, 6.07) is 6.63. The molecule has 21 heavy (non-hydrogen) atoms. The van der Waals surface area contributed by atoms with Gasteiger partial charge in [-0.2, -0.15) is 0 Å². The van der Waals surface area contributed by atoms with Gasteiger partial charge in [0.25, 0.3) is 0 Å². The van der Waals surface area contributed by atoms with Crippen LogP contribution >= 0.6 is 0 Å². The van der Waals surface area contributed by atoms with Gasteiger partial charge >= 0.3 is 0 Å². The summed E-state index contributed by atoms with van der Waals surface area (Å²) in [5, 5.41) is 3.40. The molecule has 1 aliphatic carbocycles. The van der Waals surface area contributed by atoms with Gasteiger partial charge in [0.05, 0.1) is 19.3 Å². The van der Waals surface area contributed by atoms with Crippen molar-refractivity contribution in [2.75, 3.05) is 20.8 Å². The Hall–Kier alpha value is -1.06. The van der Waals surface area contributed by atoms with Gasteiger partial charge in [0.1, 0.15) is 5.75 Å². The van der Waals surface area contributed by atoms with Crippen molar-refractivity contribution in [1.29, 1.82) is 0 Å². The average Bonchev–Trinajstić information content (AvgIpc) is 2.87. The van der Waals surface area contributed by atoms with Crippen molar-refractivity contribution in [2.24, 2.45) is 0 Å². The second kappa shape index (κ2) is 8.40. The lowest BCUT2D eigenvalue weighted by Gasteiger charge is -2.20. The molecule has 3 heteroatoms. The van der Waals surface area contributed by atoms with Crippen LogP contribution in [0.2, 0.25) is 0 Å². The smallest absolute Gasteiger partial charge is 0.119 e. The van der Waals surface area contributed by atoms with Crippen molar-refractivity contribution in [3.05, 3.63) is 29.3 Å². The predicted molar refractivity (Wildman–Crippen MR) is 87.0 cm³/mol. The third kappa shape index (κ3) is 4.21. The molecule has 1 aromatic carbocycles. The second-order valence-corrected chi connectivity index (χ2v) is 5.86. The predicted octanol–water partition coefficient (Wildman–Crippen LogP) is 3.87. The summed E-state index contributed by atoms with van der Waals surface area (Å²) in [6.45, 7) is 3.12. The standard InChI is InChI=1S/C18H29NO2/c1-4-5-6-7-8-11-21-17-12-14-9-10-15(20-3)13-16(14)18(17)19-2/h9-10,13,17-19H,4-8,11-12H2,1-3H3. The number of rotatable bonds is 9. The van der Waals surface area contributed by atoms with Crippen LogP contribution in [0, 0.1) is 0 Å². The monoisotopic (exact) mass is 291 g/mol. The lowest BCUT2D eigenvalue weighted by atomic mass is 10.1. The first-order valence-corrected chi connectivity index (χ1v) is 8.25. The van der Waals surface area contributed by atoms with E-state index in [0.29, 0.717) is 0 Å². The van der Waals surface area contributed by atoms with Crippen LogP contribution in [0.3, 0.4) is 0 Å². The minimum atomic E-state index is 0.253. The minimum Gasteiger partial charge on any atom is -0.497 e. The van der Waals surface area contributed by atoms with E-state index in [1.54, 1.807) is 7.11 Å². The van der Waals surface area contributed by atoms with Crippen molar-refractivity contribution in [3.63, 3.8) is 0 Å². The number of unbranched alkanes of at least 4 members (excludes halogenated alkanes) is 4. The van der Waals surface area contributed by atoms with E-state index in [1.165, 1.54) is 43.2 Å². The van der Waals surface area contributed by atoms with E-state index in [4.69, 9.17) is 9.47 Å². The fourth-order valence-electron chi connectivity index (χ4n) is 3.15. The maximum atomic E-state index is 6.14. The molecule has 2 rings (SSSR count). The summed E-state index contributed by atoms with van der Waals surface area (Å²) >= 11 is 0. The summed E-state index contributed by atoms with van der Waals surface area (Å²) < 4.78 is 11.5. The molecule has 2 unspecified atom stereocenters. The van der Waals surface area contributed by atoms with Gasteiger partial charge in [-0.15, -0.1) is 0 Å². The third-order valence-electron chi connectivity index (χ3n) is 4.37. The highest BCUT2D eigenvalue weighted by Crippen LogP contribution is 2.35. The molecule has 0 fully saturated rings. The van der Waals surface area contributed by atoms with Gasteiger partial charge in [0.15, 0.2) is 0 Å². The molecule has 0 spiro atoms. The number of likely N-dealkylation sites (N-methyl/N-ethyl adjacent to an activating group) is 1. The fraction of sp³-hybridized carbons (Fsp3) is 0.667. The van der Waals surface area contributed by atoms with Crippen LogP contribution in [0.15, 0.2) is 18.2 Å². The molecule has 0 bridgehead atoms. The number of benzene rings is 1. The summed E-state index contributed by atoms with van der Waals surface area (Å²) in [5.41, 5.74) is 2.71. The van der Waals surface area contributed by atoms with E-state index >= 15 is 0 Å². The van der Waals surface area contributed by atoms with E-state index in [9.17, 15) is 0 Å². The molecule has 1 aromatic rings. The molecule has 1 N–H and O–H groups in total. The van der Waals surface area contributed by atoms with Crippen LogP contribution in [0.4, 0.5) is 0 Å². The van der Waals surface area contributed by atoms with Gasteiger partial charge < -0.3 is 14.8 Å². The molecule has 0 aromatic heterocycles. The first-order chi connectivity index (χ1) is 10.3. The van der Waals surface area contributed by atoms with Crippen LogP contribution in [0.25, 0.3) is 0 Å². The number of nitrogens with one attached hydrogen (secondary N) is 1. The molecule has 3 nitrogen and oxygen atoms in total. The van der Waals surface area contributed by atoms with Gasteiger partial charge in [0, 0.05) is 13.0 Å². The Balaban J connectivity index is 1.85. The number of hydrogen-bond donors (Lipinski definition) is 1. The Bertz CT molecular complexity index is 433. The van der Waals surface area contributed by atoms with Gasteiger partial charge in [-0.1, -0.05) is 38.7 Å². The Kier molecular flexibility index (Phi) is 6.52. The van der Waals surface area contributed by atoms with E-state index < -0.39 is 0 Å². The van der Waals surface area contributed by atoms with Crippen molar-refractivity contribution in [3.8, 4) is 5.75 Å². The summed E-state index contributed by atoms with van der Waals surface area (Å²) in [4.78, 5) is 0. The third-order valence-corrected chi connectivity index (χ3v) is 4.37. The SMILES string of the molecule is CCCCCCCOC1Cc2ccc(OC)cc2C1NC. The zero-order valence-electron chi connectivity index (χ0n) is 13.7. The van der Waals surface area contributed by atoms with Crippen LogP contribution in [0.5, 0.6) is 5.75 Å². The van der Waals surface area contributed by atoms with E-state index in [2.05, 4.69) is 24.4 Å². The van der Waals surface area contributed by atoms with Crippen LogP contribution in [-0.4, -0.2) is 26.9 Å². The maximum absolute atomic E-state index is 6.14. The van der Waals surface area contributed by atoms with Crippen molar-refractivity contribution < 1.29 is 9.47 Å². The molecule has 0 saturated heterocycles. The minimum absolute atomic E-state index is 0.253. The molecule has 1 aliphatic rings. The zero-order chi connectivity index (χ0) is 15.1. The molecule has 2 atom stereocenters. The molecule has 0 saturated carbocycles. The molecular weight excluding hydrogens is 262 g/mol. The zero-order valence-corrected chi connectivity index (χ0v) is 13.7. The van der Waals surface area contributed by atoms with Gasteiger partial charge in [0.2, 0.25) is 0 Å². The molecule has 118 valence electrons. The van der Waals surface area contributed by atoms with E-state index in [1.807, 2.05) is 13.1 Å². The summed E-state index contributed by atoms with van der Waals surface area (Å²) in [7, 11) is 3.73. The van der Waals surface area contributed by atoms with Crippen molar-refractivity contribution >= 4 is 0 Å². The summed E-state index contributed by atoms with van der Waals surface area (Å²) in [5.74, 6) is 0.925. The molecular formula is C18H29NO2. The number of methoxy groups -OCH3 is 1. The van der Waals surface area contributed by atoms with Gasteiger partial charge in [-0.05, 0) is 36.7 Å². The van der Waals surface area contributed by atoms with Crippen molar-refractivity contribution in [1.82, 2.24) is 5.32 Å². The number of hydrogen-bond acceptors (Lipinski definition) is 3. The maximum Gasteiger partial charge on any atom is 0.119 e. The fourth-order valence-corrected chi connectivity index (χ4v) is 3.15. The lowest BCUT2D eigenvalue weighted by Crippen LogP contribution is -2.28. The topological polar surface area (TPSA) is 30.5 Å². The normalized spacial score (nSPS) is 20.5. The Morgan fingerprint density at radius 3 is 2.71 bits per heavy atom. The Morgan fingerprint density at radius 1 is 1.19 bits per heavy atom. The average molecular weight is 291 g/mol. The second-order valence-electron chi connectivity index (χ2n) is 5.86. The van der Waals surface area contributed by atoms with E-state index in [0.717, 1.165) is 18.8 Å². The number of ether oxygens (including phenoxy) is 2. The highest BCUT2D eigenvalue weighted by Gasteiger charge is 2.32. The number of fused-ring (bicyclic) bond motifs is 1. The highest BCUT2D eigenvalue weighted by molar-refractivity contribution is 5.42. The highest BCUT2D eigenvalue weighted by atomic mass is 16.5.